The van der Waals surface area contributed by atoms with Gasteiger partial charge in [-0.3, -0.25) is 19.2 Å². The molecule has 8 nitrogen and oxygen atoms in total. The van der Waals surface area contributed by atoms with Crippen LogP contribution in [0, 0.1) is 0 Å². The number of amides is 4. The molecule has 14 heteroatoms. The lowest BCUT2D eigenvalue weighted by molar-refractivity contribution is -0.141. The van der Waals surface area contributed by atoms with Crippen molar-refractivity contribution in [2.75, 3.05) is 13.1 Å². The average Bonchev–Trinajstić information content (AvgIpc) is 3.41. The van der Waals surface area contributed by atoms with Crippen LogP contribution in [0.4, 0.5) is 26.3 Å². The van der Waals surface area contributed by atoms with Gasteiger partial charge in [-0.15, -0.1) is 0 Å². The second-order valence-electron chi connectivity index (χ2n) is 12.7. The zero-order chi connectivity index (χ0) is 38.4. The molecule has 1 atom stereocenters. The molecule has 5 N–H and O–H groups in total. The van der Waals surface area contributed by atoms with Gasteiger partial charge in [-0.25, -0.2) is 0 Å². The maximum atomic E-state index is 13.7. The summed E-state index contributed by atoms with van der Waals surface area (Å²) in [5.74, 6) is -2.85. The van der Waals surface area contributed by atoms with E-state index in [-0.39, 0.29) is 31.4 Å². The quantitative estimate of drug-likeness (QED) is 0.0851. The molecule has 4 aromatic carbocycles. The van der Waals surface area contributed by atoms with Crippen LogP contribution in [-0.2, 0) is 26.0 Å². The highest BCUT2D eigenvalue weighted by Gasteiger charge is 2.49. The Kier molecular flexibility index (Phi) is 11.6. The van der Waals surface area contributed by atoms with E-state index < -0.39 is 59.5 Å². The van der Waals surface area contributed by atoms with Gasteiger partial charge in [0, 0.05) is 18.5 Å². The Morgan fingerprint density at radius 2 is 1.26 bits per heavy atom. The molecule has 0 fully saturated rings. The number of unbranched alkanes of at least 4 members (excludes halogenated alkanes) is 1. The molecule has 278 valence electrons. The molecular formula is C39H36F6N4O4. The number of nitrogens with two attached hydrogens (primary N) is 1. The van der Waals surface area contributed by atoms with Gasteiger partial charge in [0.25, 0.3) is 5.91 Å². The lowest BCUT2D eigenvalue weighted by Gasteiger charge is -2.31. The zero-order valence-electron chi connectivity index (χ0n) is 28.2. The Balaban J connectivity index is 1.28. The Hall–Kier alpha value is -5.66. The molecule has 0 saturated heterocycles. The molecule has 0 bridgehead atoms. The largest absolute Gasteiger partial charge is 0.416 e. The van der Waals surface area contributed by atoms with Crippen LogP contribution in [0.15, 0.2) is 97.1 Å². The molecule has 0 aliphatic heterocycles. The number of nitrogens with one attached hydrogen (secondary N) is 3. The number of hydrogen-bond acceptors (Lipinski definition) is 4. The molecule has 53 heavy (non-hydrogen) atoms. The van der Waals surface area contributed by atoms with Crippen LogP contribution in [0.25, 0.3) is 22.3 Å². The van der Waals surface area contributed by atoms with Gasteiger partial charge in [-0.05, 0) is 77.3 Å². The van der Waals surface area contributed by atoms with Crippen LogP contribution >= 0.6 is 0 Å². The first-order valence-electron chi connectivity index (χ1n) is 16.8. The van der Waals surface area contributed by atoms with E-state index in [1.54, 1.807) is 54.6 Å². The summed E-state index contributed by atoms with van der Waals surface area (Å²) in [6, 6.07) is 23.3. The lowest BCUT2D eigenvalue weighted by Crippen LogP contribution is -2.48. The molecule has 0 saturated carbocycles. The number of rotatable bonds is 14. The predicted octanol–water partition coefficient (Wildman–Crippen LogP) is 6.67. The zero-order valence-corrected chi connectivity index (χ0v) is 28.2. The number of carbonyl (C=O) groups excluding carboxylic acids is 4. The molecule has 1 aliphatic rings. The van der Waals surface area contributed by atoms with Crippen molar-refractivity contribution < 1.29 is 45.5 Å². The summed E-state index contributed by atoms with van der Waals surface area (Å²) >= 11 is 0. The Bertz CT molecular complexity index is 1930. The van der Waals surface area contributed by atoms with Gasteiger partial charge in [0.15, 0.2) is 0 Å². The van der Waals surface area contributed by atoms with Crippen LogP contribution < -0.4 is 21.7 Å². The summed E-state index contributed by atoms with van der Waals surface area (Å²) in [6.45, 7) is -1.44. The van der Waals surface area contributed by atoms with Crippen LogP contribution in [0.5, 0.6) is 0 Å². The first-order chi connectivity index (χ1) is 25.1. The maximum absolute atomic E-state index is 13.7. The molecule has 4 aromatic rings. The molecule has 4 amide bonds. The van der Waals surface area contributed by atoms with Gasteiger partial charge in [-0.2, -0.15) is 26.3 Å². The van der Waals surface area contributed by atoms with E-state index >= 15 is 0 Å². The molecule has 5 rings (SSSR count). The fourth-order valence-corrected chi connectivity index (χ4v) is 6.70. The SMILES string of the molecule is NC(=O)CCC(NC(=O)c1ccccc1-c1ccc(C(F)(F)F)cc1)C(=O)NCCCCC1(C(=O)NCC(F)(F)F)c2ccccc2-c2ccccc21. The molecule has 0 radical (unpaired) electrons. The second kappa shape index (κ2) is 15.9. The van der Waals surface area contributed by atoms with Gasteiger partial charge in [0.1, 0.15) is 18.0 Å². The van der Waals surface area contributed by atoms with E-state index in [9.17, 15) is 45.5 Å². The standard InChI is InChI=1S/C39H36F6N4O4/c40-38(41,42)23-48-36(53)37(30-13-5-3-10-27(30)28-11-4-6-14-31(28)37)21-7-8-22-47-35(52)32(19-20-33(46)50)49-34(51)29-12-2-1-9-26(29)24-15-17-25(18-16-24)39(43,44)45/h1-6,9-18,32H,7-8,19-23H2,(H2,46,50)(H,47,52)(H,48,53)(H,49,51). The lowest BCUT2D eigenvalue weighted by atomic mass is 9.73. The number of hydrogen-bond donors (Lipinski definition) is 4. The van der Waals surface area contributed by atoms with E-state index in [4.69, 9.17) is 5.73 Å². The monoisotopic (exact) mass is 738 g/mol. The maximum Gasteiger partial charge on any atom is 0.416 e. The number of carbonyl (C=O) groups is 4. The predicted molar refractivity (Wildman–Crippen MR) is 185 cm³/mol. The first kappa shape index (κ1) is 38.6. The fourth-order valence-electron chi connectivity index (χ4n) is 6.70. The summed E-state index contributed by atoms with van der Waals surface area (Å²) in [5, 5.41) is 7.41. The number of benzene rings is 4. The van der Waals surface area contributed by atoms with Crippen molar-refractivity contribution in [3.8, 4) is 22.3 Å². The van der Waals surface area contributed by atoms with E-state index in [1.807, 2.05) is 12.1 Å². The number of fused-ring (bicyclic) bond motifs is 3. The summed E-state index contributed by atoms with van der Waals surface area (Å²) in [5.41, 5.74) is 6.41. The minimum atomic E-state index is -4.62. The summed E-state index contributed by atoms with van der Waals surface area (Å²) in [6.07, 6.45) is -8.82. The molecular weight excluding hydrogens is 702 g/mol. The first-order valence-corrected chi connectivity index (χ1v) is 16.8. The fraction of sp³-hybridized carbons (Fsp3) is 0.282. The summed E-state index contributed by atoms with van der Waals surface area (Å²) in [7, 11) is 0. The second-order valence-corrected chi connectivity index (χ2v) is 12.7. The summed E-state index contributed by atoms with van der Waals surface area (Å²) in [4.78, 5) is 52.1. The molecule has 0 heterocycles. The minimum Gasteiger partial charge on any atom is -0.370 e. The van der Waals surface area contributed by atoms with Gasteiger partial charge >= 0.3 is 12.4 Å². The van der Waals surface area contributed by atoms with Crippen LogP contribution in [-0.4, -0.2) is 48.9 Å². The topological polar surface area (TPSA) is 130 Å². The van der Waals surface area contributed by atoms with Crippen molar-refractivity contribution in [1.82, 2.24) is 16.0 Å². The van der Waals surface area contributed by atoms with E-state index in [0.29, 0.717) is 35.1 Å². The van der Waals surface area contributed by atoms with Gasteiger partial charge in [-0.1, -0.05) is 78.9 Å². The third-order valence-corrected chi connectivity index (χ3v) is 9.17. The average molecular weight is 739 g/mol. The Labute approximate surface area is 301 Å². The minimum absolute atomic E-state index is 0.0630. The van der Waals surface area contributed by atoms with Gasteiger partial charge in [0.2, 0.25) is 17.7 Å². The molecule has 0 aromatic heterocycles. The van der Waals surface area contributed by atoms with Crippen LogP contribution in [0.2, 0.25) is 0 Å². The van der Waals surface area contributed by atoms with Gasteiger partial charge in [0.05, 0.1) is 5.56 Å². The van der Waals surface area contributed by atoms with Crippen molar-refractivity contribution in [3.63, 3.8) is 0 Å². The highest BCUT2D eigenvalue weighted by atomic mass is 19.4. The van der Waals surface area contributed by atoms with Crippen molar-refractivity contribution in [1.29, 1.82) is 0 Å². The highest BCUT2D eigenvalue weighted by molar-refractivity contribution is 6.03. The Morgan fingerprint density at radius 3 is 1.83 bits per heavy atom. The molecule has 0 spiro atoms. The summed E-state index contributed by atoms with van der Waals surface area (Å²) < 4.78 is 78.9. The molecule has 1 unspecified atom stereocenters. The highest BCUT2D eigenvalue weighted by Crippen LogP contribution is 2.51. The van der Waals surface area contributed by atoms with Gasteiger partial charge < -0.3 is 21.7 Å². The number of halogens is 6. The molecule has 1 aliphatic carbocycles. The number of primary amides is 1. The van der Waals surface area contributed by atoms with Crippen molar-refractivity contribution in [2.24, 2.45) is 5.73 Å². The van der Waals surface area contributed by atoms with E-state index in [0.717, 1.165) is 23.3 Å². The normalized spacial score (nSPS) is 13.7. The van der Waals surface area contributed by atoms with Crippen molar-refractivity contribution >= 4 is 23.6 Å². The van der Waals surface area contributed by atoms with Crippen LogP contribution in [0.3, 0.4) is 0 Å². The van der Waals surface area contributed by atoms with Crippen LogP contribution in [0.1, 0.15) is 59.2 Å². The third kappa shape index (κ3) is 8.87. The van der Waals surface area contributed by atoms with Crippen molar-refractivity contribution in [2.45, 2.75) is 55.9 Å². The van der Waals surface area contributed by atoms with Crippen molar-refractivity contribution in [3.05, 3.63) is 119 Å². The third-order valence-electron chi connectivity index (χ3n) is 9.17. The van der Waals surface area contributed by atoms with E-state index in [1.165, 1.54) is 18.2 Å². The Morgan fingerprint density at radius 1 is 0.698 bits per heavy atom. The smallest absolute Gasteiger partial charge is 0.370 e. The number of alkyl halides is 6. The van der Waals surface area contributed by atoms with E-state index in [2.05, 4.69) is 16.0 Å².